The number of carbonyl (C=O) groups is 1. The second-order valence-corrected chi connectivity index (χ2v) is 3.53. The van der Waals surface area contributed by atoms with Crippen molar-refractivity contribution >= 4 is 6.29 Å². The van der Waals surface area contributed by atoms with E-state index in [1.165, 1.54) is 25.8 Å². The normalized spacial score (nSPS) is 27.9. The number of hydrogen-bond acceptors (Lipinski definition) is 2. The van der Waals surface area contributed by atoms with Crippen molar-refractivity contribution in [2.24, 2.45) is 5.92 Å². The first-order valence-electron chi connectivity index (χ1n) is 4.45. The molecule has 0 aliphatic carbocycles. The highest BCUT2D eigenvalue weighted by Crippen LogP contribution is 2.16. The number of carbonyl (C=O) groups excluding carboxylic acids is 1. The standard InChI is InChI=1S/C9H17NO/c1-10-6-3-2-4-9(8-10)5-7-11/h7,9H,2-6,8H2,1H3. The van der Waals surface area contributed by atoms with Gasteiger partial charge in [0.2, 0.25) is 0 Å². The summed E-state index contributed by atoms with van der Waals surface area (Å²) >= 11 is 0. The number of hydrogen-bond donors (Lipinski definition) is 0. The Kier molecular flexibility index (Phi) is 3.57. The molecule has 0 spiro atoms. The topological polar surface area (TPSA) is 20.3 Å². The van der Waals surface area contributed by atoms with Gasteiger partial charge in [-0.2, -0.15) is 0 Å². The van der Waals surface area contributed by atoms with Crippen LogP contribution in [0.3, 0.4) is 0 Å². The first-order chi connectivity index (χ1) is 5.33. The average Bonchev–Trinajstić information content (AvgIpc) is 2.15. The lowest BCUT2D eigenvalue weighted by Crippen LogP contribution is -2.24. The van der Waals surface area contributed by atoms with Crippen molar-refractivity contribution in [3.05, 3.63) is 0 Å². The maximum atomic E-state index is 10.3. The summed E-state index contributed by atoms with van der Waals surface area (Å²) in [4.78, 5) is 12.6. The summed E-state index contributed by atoms with van der Waals surface area (Å²) in [5.74, 6) is 0.625. The molecule has 1 saturated heterocycles. The Labute approximate surface area is 68.6 Å². The average molecular weight is 155 g/mol. The molecule has 1 aliphatic heterocycles. The van der Waals surface area contributed by atoms with Crippen LogP contribution in [0.4, 0.5) is 0 Å². The number of nitrogens with zero attached hydrogens (tertiary/aromatic N) is 1. The maximum Gasteiger partial charge on any atom is 0.120 e. The van der Waals surface area contributed by atoms with Gasteiger partial charge >= 0.3 is 0 Å². The highest BCUT2D eigenvalue weighted by molar-refractivity contribution is 5.49. The van der Waals surface area contributed by atoms with E-state index in [9.17, 15) is 4.79 Å². The number of likely N-dealkylation sites (tertiary alicyclic amines) is 1. The summed E-state index contributed by atoms with van der Waals surface area (Å²) in [5, 5.41) is 0. The summed E-state index contributed by atoms with van der Waals surface area (Å²) in [6, 6.07) is 0. The Morgan fingerprint density at radius 1 is 1.55 bits per heavy atom. The summed E-state index contributed by atoms with van der Waals surface area (Å²) in [7, 11) is 2.14. The molecule has 2 heteroatoms. The van der Waals surface area contributed by atoms with E-state index in [1.807, 2.05) is 0 Å². The van der Waals surface area contributed by atoms with Crippen molar-refractivity contribution in [2.45, 2.75) is 25.7 Å². The van der Waals surface area contributed by atoms with Gasteiger partial charge in [0.25, 0.3) is 0 Å². The molecule has 1 rings (SSSR count). The van der Waals surface area contributed by atoms with E-state index in [-0.39, 0.29) is 0 Å². The molecule has 0 N–H and O–H groups in total. The minimum atomic E-state index is 0.625. The van der Waals surface area contributed by atoms with E-state index in [1.54, 1.807) is 0 Å². The molecule has 1 unspecified atom stereocenters. The highest BCUT2D eigenvalue weighted by Gasteiger charge is 2.14. The van der Waals surface area contributed by atoms with Crippen LogP contribution in [0, 0.1) is 5.92 Å². The molecule has 0 amide bonds. The molecule has 0 saturated carbocycles. The molecular weight excluding hydrogens is 138 g/mol. The van der Waals surface area contributed by atoms with Crippen LogP contribution >= 0.6 is 0 Å². The molecule has 1 aliphatic rings. The minimum Gasteiger partial charge on any atom is -0.306 e. The van der Waals surface area contributed by atoms with Crippen LogP contribution < -0.4 is 0 Å². The second-order valence-electron chi connectivity index (χ2n) is 3.53. The zero-order chi connectivity index (χ0) is 8.10. The second kappa shape index (κ2) is 4.50. The van der Waals surface area contributed by atoms with E-state index in [4.69, 9.17) is 0 Å². The lowest BCUT2D eigenvalue weighted by Gasteiger charge is -2.17. The fourth-order valence-corrected chi connectivity index (χ4v) is 1.77. The van der Waals surface area contributed by atoms with Crippen LogP contribution in [-0.2, 0) is 4.79 Å². The van der Waals surface area contributed by atoms with Gasteiger partial charge in [-0.25, -0.2) is 0 Å². The number of rotatable bonds is 2. The van der Waals surface area contributed by atoms with Crippen molar-refractivity contribution in [1.29, 1.82) is 0 Å². The summed E-state index contributed by atoms with van der Waals surface area (Å²) in [5.41, 5.74) is 0. The van der Waals surface area contributed by atoms with Gasteiger partial charge in [0.05, 0.1) is 0 Å². The van der Waals surface area contributed by atoms with Gasteiger partial charge in [0.1, 0.15) is 6.29 Å². The zero-order valence-corrected chi connectivity index (χ0v) is 7.25. The molecule has 11 heavy (non-hydrogen) atoms. The smallest absolute Gasteiger partial charge is 0.120 e. The van der Waals surface area contributed by atoms with Gasteiger partial charge in [0, 0.05) is 13.0 Å². The lowest BCUT2D eigenvalue weighted by molar-refractivity contribution is -0.108. The van der Waals surface area contributed by atoms with E-state index in [0.29, 0.717) is 5.92 Å². The van der Waals surface area contributed by atoms with Crippen LogP contribution in [-0.4, -0.2) is 31.3 Å². The third-order valence-electron chi connectivity index (χ3n) is 2.40. The molecule has 0 aromatic rings. The zero-order valence-electron chi connectivity index (χ0n) is 7.25. The molecule has 1 atom stereocenters. The van der Waals surface area contributed by atoms with E-state index in [2.05, 4.69) is 11.9 Å². The molecule has 0 aromatic carbocycles. The van der Waals surface area contributed by atoms with E-state index in [0.717, 1.165) is 19.3 Å². The van der Waals surface area contributed by atoms with Gasteiger partial charge in [-0.1, -0.05) is 6.42 Å². The van der Waals surface area contributed by atoms with E-state index >= 15 is 0 Å². The fraction of sp³-hybridized carbons (Fsp3) is 0.889. The first-order valence-corrected chi connectivity index (χ1v) is 4.45. The van der Waals surface area contributed by atoms with Crippen molar-refractivity contribution in [3.63, 3.8) is 0 Å². The molecule has 1 heterocycles. The van der Waals surface area contributed by atoms with Crippen LogP contribution in [0.15, 0.2) is 0 Å². The van der Waals surface area contributed by atoms with Crippen molar-refractivity contribution in [2.75, 3.05) is 20.1 Å². The predicted octanol–water partition coefficient (Wildman–Crippen LogP) is 1.31. The number of aldehydes is 1. The molecule has 2 nitrogen and oxygen atoms in total. The molecule has 0 radical (unpaired) electrons. The van der Waals surface area contributed by atoms with Crippen molar-refractivity contribution < 1.29 is 4.79 Å². The summed E-state index contributed by atoms with van der Waals surface area (Å²) in [6.45, 7) is 2.31. The molecule has 64 valence electrons. The highest BCUT2D eigenvalue weighted by atomic mass is 16.1. The fourth-order valence-electron chi connectivity index (χ4n) is 1.77. The Morgan fingerprint density at radius 2 is 2.36 bits per heavy atom. The monoisotopic (exact) mass is 155 g/mol. The Hall–Kier alpha value is -0.370. The quantitative estimate of drug-likeness (QED) is 0.560. The van der Waals surface area contributed by atoms with Crippen molar-refractivity contribution in [1.82, 2.24) is 4.90 Å². The SMILES string of the molecule is CN1CCCCC(CC=O)C1. The summed E-state index contributed by atoms with van der Waals surface area (Å²) in [6.07, 6.45) is 5.64. The van der Waals surface area contributed by atoms with Crippen LogP contribution in [0.5, 0.6) is 0 Å². The molecule has 1 fully saturated rings. The van der Waals surface area contributed by atoms with Gasteiger partial charge in [0.15, 0.2) is 0 Å². The van der Waals surface area contributed by atoms with Crippen LogP contribution in [0.2, 0.25) is 0 Å². The van der Waals surface area contributed by atoms with Crippen LogP contribution in [0.1, 0.15) is 25.7 Å². The third kappa shape index (κ3) is 3.02. The van der Waals surface area contributed by atoms with Gasteiger partial charge in [-0.05, 0) is 32.4 Å². The largest absolute Gasteiger partial charge is 0.306 e. The summed E-state index contributed by atoms with van der Waals surface area (Å²) < 4.78 is 0. The molecule has 0 aromatic heterocycles. The van der Waals surface area contributed by atoms with Gasteiger partial charge in [-0.3, -0.25) is 0 Å². The maximum absolute atomic E-state index is 10.3. The first kappa shape index (κ1) is 8.72. The van der Waals surface area contributed by atoms with Gasteiger partial charge in [-0.15, -0.1) is 0 Å². The van der Waals surface area contributed by atoms with Crippen molar-refractivity contribution in [3.8, 4) is 0 Å². The molecular formula is C9H17NO. The minimum absolute atomic E-state index is 0.625. The third-order valence-corrected chi connectivity index (χ3v) is 2.40. The Bertz CT molecular complexity index is 125. The van der Waals surface area contributed by atoms with E-state index < -0.39 is 0 Å². The lowest BCUT2D eigenvalue weighted by atomic mass is 10.0. The van der Waals surface area contributed by atoms with Crippen LogP contribution in [0.25, 0.3) is 0 Å². The Morgan fingerprint density at radius 3 is 3.09 bits per heavy atom. The Balaban J connectivity index is 2.32. The molecule has 0 bridgehead atoms. The van der Waals surface area contributed by atoms with Gasteiger partial charge < -0.3 is 9.69 Å². The predicted molar refractivity (Wildman–Crippen MR) is 45.5 cm³/mol.